The zero-order valence-corrected chi connectivity index (χ0v) is 7.51. The monoisotopic (exact) mass is 187 g/mol. The van der Waals surface area contributed by atoms with E-state index >= 15 is 0 Å². The first-order valence-electron chi connectivity index (χ1n) is 3.06. The van der Waals surface area contributed by atoms with Crippen LogP contribution in [0.4, 0.5) is 0 Å². The number of nitrogens with two attached hydrogens (primary N) is 1. The van der Waals surface area contributed by atoms with Crippen molar-refractivity contribution in [2.75, 3.05) is 32.8 Å². The smallest absolute Gasteiger partial charge is 0.0456 e. The van der Waals surface area contributed by atoms with Crippen LogP contribution >= 0.6 is 24.8 Å². The standard InChI is InChI=1S/C5H13N3.2ClH/c6-5-8-3-1-7-2-4-8;;/h7H,1-6H2;2*1H. The molecule has 0 aliphatic carbocycles. The molecule has 3 nitrogen and oxygen atoms in total. The fourth-order valence-electron chi connectivity index (χ4n) is 0.894. The molecule has 0 bridgehead atoms. The second-order valence-corrected chi connectivity index (χ2v) is 2.05. The Morgan fingerprint density at radius 2 is 1.70 bits per heavy atom. The van der Waals surface area contributed by atoms with E-state index in [0.717, 1.165) is 26.2 Å². The number of hydrogen-bond donors (Lipinski definition) is 2. The molecule has 0 atom stereocenters. The van der Waals surface area contributed by atoms with Gasteiger partial charge in [0.05, 0.1) is 0 Å². The summed E-state index contributed by atoms with van der Waals surface area (Å²) >= 11 is 0. The molecular weight excluding hydrogens is 173 g/mol. The molecule has 1 rings (SSSR count). The van der Waals surface area contributed by atoms with E-state index in [1.165, 1.54) is 0 Å². The van der Waals surface area contributed by atoms with E-state index in [4.69, 9.17) is 5.73 Å². The Labute approximate surface area is 74.1 Å². The summed E-state index contributed by atoms with van der Waals surface area (Å²) in [6, 6.07) is 0. The van der Waals surface area contributed by atoms with E-state index in [1.807, 2.05) is 0 Å². The molecule has 0 aromatic heterocycles. The predicted octanol–water partition coefficient (Wildman–Crippen LogP) is -0.349. The molecule has 0 aromatic carbocycles. The lowest BCUT2D eigenvalue weighted by Crippen LogP contribution is -2.45. The van der Waals surface area contributed by atoms with Crippen LogP contribution in [0.15, 0.2) is 0 Å². The molecule has 1 heterocycles. The van der Waals surface area contributed by atoms with Gasteiger partial charge in [-0.15, -0.1) is 24.8 Å². The molecule has 1 fully saturated rings. The molecule has 1 aliphatic rings. The van der Waals surface area contributed by atoms with Crippen molar-refractivity contribution in [2.45, 2.75) is 0 Å². The third kappa shape index (κ3) is 4.30. The lowest BCUT2D eigenvalue weighted by atomic mass is 10.4. The van der Waals surface area contributed by atoms with E-state index in [-0.39, 0.29) is 24.8 Å². The molecule has 10 heavy (non-hydrogen) atoms. The Morgan fingerprint density at radius 3 is 2.00 bits per heavy atom. The molecule has 0 unspecified atom stereocenters. The number of hydrogen-bond acceptors (Lipinski definition) is 3. The highest BCUT2D eigenvalue weighted by atomic mass is 35.5. The Hall–Kier alpha value is 0.460. The summed E-state index contributed by atoms with van der Waals surface area (Å²) in [6.45, 7) is 5.11. The Balaban J connectivity index is 0. The summed E-state index contributed by atoms with van der Waals surface area (Å²) in [7, 11) is 0. The lowest BCUT2D eigenvalue weighted by molar-refractivity contribution is 0.247. The van der Waals surface area contributed by atoms with Gasteiger partial charge in [0.2, 0.25) is 0 Å². The third-order valence-electron chi connectivity index (χ3n) is 1.47. The highest BCUT2D eigenvalue weighted by Gasteiger charge is 2.04. The molecule has 5 heteroatoms. The van der Waals surface area contributed by atoms with Crippen molar-refractivity contribution in [1.82, 2.24) is 10.2 Å². The fraction of sp³-hybridized carbons (Fsp3) is 1.00. The number of rotatable bonds is 1. The minimum Gasteiger partial charge on any atom is -0.318 e. The van der Waals surface area contributed by atoms with Crippen molar-refractivity contribution in [2.24, 2.45) is 5.73 Å². The van der Waals surface area contributed by atoms with Crippen LogP contribution in [0, 0.1) is 0 Å². The summed E-state index contributed by atoms with van der Waals surface area (Å²) in [5.74, 6) is 0. The minimum atomic E-state index is 0. The summed E-state index contributed by atoms with van der Waals surface area (Å²) in [4.78, 5) is 2.23. The predicted molar refractivity (Wildman–Crippen MR) is 48.0 cm³/mol. The van der Waals surface area contributed by atoms with Gasteiger partial charge in [-0.1, -0.05) is 0 Å². The molecule has 0 amide bonds. The van der Waals surface area contributed by atoms with Gasteiger partial charge in [0.15, 0.2) is 0 Å². The van der Waals surface area contributed by atoms with Crippen molar-refractivity contribution in [1.29, 1.82) is 0 Å². The number of halogens is 2. The zero-order valence-electron chi connectivity index (χ0n) is 5.88. The van der Waals surface area contributed by atoms with Crippen LogP contribution in [0.1, 0.15) is 0 Å². The van der Waals surface area contributed by atoms with Gasteiger partial charge < -0.3 is 11.1 Å². The molecule has 1 saturated heterocycles. The highest BCUT2D eigenvalue weighted by molar-refractivity contribution is 5.85. The van der Waals surface area contributed by atoms with Gasteiger partial charge in [0.1, 0.15) is 0 Å². The van der Waals surface area contributed by atoms with Crippen molar-refractivity contribution in [3.8, 4) is 0 Å². The molecule has 0 radical (unpaired) electrons. The molecule has 0 spiro atoms. The molecule has 0 saturated carbocycles. The van der Waals surface area contributed by atoms with Crippen molar-refractivity contribution in [3.05, 3.63) is 0 Å². The van der Waals surface area contributed by atoms with Gasteiger partial charge in [-0.2, -0.15) is 0 Å². The van der Waals surface area contributed by atoms with Crippen LogP contribution in [0.25, 0.3) is 0 Å². The second-order valence-electron chi connectivity index (χ2n) is 2.05. The quantitative estimate of drug-likeness (QED) is 0.591. The maximum absolute atomic E-state index is 5.40. The minimum absolute atomic E-state index is 0. The maximum Gasteiger partial charge on any atom is 0.0456 e. The van der Waals surface area contributed by atoms with Crippen LogP contribution < -0.4 is 11.1 Å². The van der Waals surface area contributed by atoms with Gasteiger partial charge >= 0.3 is 0 Å². The van der Waals surface area contributed by atoms with Crippen LogP contribution in [-0.2, 0) is 0 Å². The van der Waals surface area contributed by atoms with E-state index in [0.29, 0.717) is 6.67 Å². The summed E-state index contributed by atoms with van der Waals surface area (Å²) in [5, 5.41) is 3.25. The van der Waals surface area contributed by atoms with Crippen LogP contribution in [-0.4, -0.2) is 37.7 Å². The molecule has 0 aromatic rings. The molecule has 64 valence electrons. The first-order valence-corrected chi connectivity index (χ1v) is 3.06. The highest BCUT2D eigenvalue weighted by Crippen LogP contribution is 1.85. The van der Waals surface area contributed by atoms with Crippen molar-refractivity contribution < 1.29 is 0 Å². The average Bonchev–Trinajstić information content (AvgIpc) is 1.90. The largest absolute Gasteiger partial charge is 0.318 e. The number of nitrogens with zero attached hydrogens (tertiary/aromatic N) is 1. The maximum atomic E-state index is 5.40. The average molecular weight is 188 g/mol. The Bertz CT molecular complexity index is 65.9. The number of piperazine rings is 1. The first kappa shape index (κ1) is 13.1. The molecule has 3 N–H and O–H groups in total. The summed E-state index contributed by atoms with van der Waals surface area (Å²) in [6.07, 6.45) is 0. The van der Waals surface area contributed by atoms with Crippen LogP contribution in [0.3, 0.4) is 0 Å². The van der Waals surface area contributed by atoms with E-state index in [1.54, 1.807) is 0 Å². The molecular formula is C5H15Cl2N3. The van der Waals surface area contributed by atoms with Gasteiger partial charge in [-0.3, -0.25) is 4.90 Å². The third-order valence-corrected chi connectivity index (χ3v) is 1.47. The van der Waals surface area contributed by atoms with Crippen LogP contribution in [0.2, 0.25) is 0 Å². The van der Waals surface area contributed by atoms with Crippen molar-refractivity contribution >= 4 is 24.8 Å². The van der Waals surface area contributed by atoms with Gasteiger partial charge in [-0.05, 0) is 0 Å². The van der Waals surface area contributed by atoms with E-state index < -0.39 is 0 Å². The van der Waals surface area contributed by atoms with Crippen molar-refractivity contribution in [3.63, 3.8) is 0 Å². The number of nitrogens with one attached hydrogen (secondary N) is 1. The summed E-state index contributed by atoms with van der Waals surface area (Å²) < 4.78 is 0. The van der Waals surface area contributed by atoms with Gasteiger partial charge in [-0.25, -0.2) is 0 Å². The zero-order chi connectivity index (χ0) is 5.82. The Morgan fingerprint density at radius 1 is 1.20 bits per heavy atom. The Kier molecular flexibility index (Phi) is 9.90. The topological polar surface area (TPSA) is 41.3 Å². The lowest BCUT2D eigenvalue weighted by Gasteiger charge is -2.24. The second kappa shape index (κ2) is 7.57. The van der Waals surface area contributed by atoms with E-state index in [2.05, 4.69) is 10.2 Å². The first-order chi connectivity index (χ1) is 3.93. The van der Waals surface area contributed by atoms with Crippen LogP contribution in [0.5, 0.6) is 0 Å². The SMILES string of the molecule is Cl.Cl.NCN1CCNCC1. The normalized spacial score (nSPS) is 18.9. The molecule has 1 aliphatic heterocycles. The van der Waals surface area contributed by atoms with Gasteiger partial charge in [0, 0.05) is 32.8 Å². The summed E-state index contributed by atoms with van der Waals surface area (Å²) in [5.41, 5.74) is 5.40. The van der Waals surface area contributed by atoms with E-state index in [9.17, 15) is 0 Å². The fourth-order valence-corrected chi connectivity index (χ4v) is 0.894. The van der Waals surface area contributed by atoms with Gasteiger partial charge in [0.25, 0.3) is 0 Å².